The Balaban J connectivity index is -0.000000582. The van der Waals surface area contributed by atoms with E-state index in [0.717, 1.165) is 11.3 Å². The van der Waals surface area contributed by atoms with Gasteiger partial charge in [-0.25, -0.2) is 0 Å². The Bertz CT molecular complexity index is 583. The van der Waals surface area contributed by atoms with Crippen LogP contribution in [0.5, 0.6) is 0 Å². The van der Waals surface area contributed by atoms with Crippen LogP contribution in [0.25, 0.3) is 5.32 Å². The van der Waals surface area contributed by atoms with E-state index in [1.54, 1.807) is 19.3 Å². The van der Waals surface area contributed by atoms with Crippen molar-refractivity contribution in [1.29, 1.82) is 0 Å². The van der Waals surface area contributed by atoms with Crippen LogP contribution < -0.4 is 0 Å². The molecule has 0 spiro atoms. The summed E-state index contributed by atoms with van der Waals surface area (Å²) in [6.07, 6.45) is 1.76. The molecule has 0 unspecified atom stereocenters. The third-order valence-electron chi connectivity index (χ3n) is 2.81. The Morgan fingerprint density at radius 1 is 0.897 bits per heavy atom. The van der Waals surface area contributed by atoms with E-state index in [-0.39, 0.29) is 45.8 Å². The standard InChI is InChI=1S/C17H18N2.2C3H9P.CH3.Fe/c1-17(2,3)15-9-7-14(8-10-15)12-18-13-16-6-4-5-11-19-16;2*1-4(2)3;;/h4-7,9-13H,1-3H3;2*1-3H3;1H3;/q-2;;;-1;+3/p+2. The van der Waals surface area contributed by atoms with Crippen molar-refractivity contribution in [1.82, 2.24) is 4.98 Å². The van der Waals surface area contributed by atoms with Gasteiger partial charge in [0.05, 0.1) is 0 Å². The van der Waals surface area contributed by atoms with Crippen LogP contribution in [0.15, 0.2) is 42.6 Å². The average molecular weight is 475 g/mol. The van der Waals surface area contributed by atoms with E-state index in [1.165, 1.54) is 5.56 Å². The summed E-state index contributed by atoms with van der Waals surface area (Å²) >= 11 is 0. The van der Waals surface area contributed by atoms with E-state index in [9.17, 15) is 0 Å². The molecule has 2 rings (SSSR count). The number of aromatic nitrogens is 1. The molecule has 0 amide bonds. The topological polar surface area (TPSA) is 27.0 Å². The van der Waals surface area contributed by atoms with Gasteiger partial charge in [0.25, 0.3) is 0 Å². The van der Waals surface area contributed by atoms with Crippen molar-refractivity contribution < 1.29 is 17.1 Å². The third kappa shape index (κ3) is 20.8. The second-order valence-corrected chi connectivity index (χ2v) is 14.4. The first-order valence-electron chi connectivity index (χ1n) is 9.35. The van der Waals surface area contributed by atoms with Crippen molar-refractivity contribution in [2.45, 2.75) is 26.2 Å². The van der Waals surface area contributed by atoms with Crippen LogP contribution in [-0.4, -0.2) is 45.0 Å². The van der Waals surface area contributed by atoms with E-state index in [2.05, 4.69) is 83.2 Å². The number of hydrogen-bond donors (Lipinski definition) is 0. The fraction of sp³-hybridized carbons (Fsp3) is 0.417. The average Bonchev–Trinajstić information content (AvgIpc) is 2.54. The summed E-state index contributed by atoms with van der Waals surface area (Å²) in [5.41, 5.74) is 3.26. The summed E-state index contributed by atoms with van der Waals surface area (Å²) in [7, 11) is 0.241. The molecule has 0 aliphatic rings. The van der Waals surface area contributed by atoms with Gasteiger partial charge in [0, 0.05) is 51.9 Å². The molecule has 2 aromatic rings. The maximum atomic E-state index is 4.26. The van der Waals surface area contributed by atoms with Crippen molar-refractivity contribution in [3.63, 3.8) is 0 Å². The van der Waals surface area contributed by atoms with Gasteiger partial charge in [0.15, 0.2) is 0 Å². The Morgan fingerprint density at radius 2 is 1.45 bits per heavy atom. The first-order valence-corrected chi connectivity index (χ1v) is 15.4. The van der Waals surface area contributed by atoms with Gasteiger partial charge in [0.1, 0.15) is 0 Å². The maximum Gasteiger partial charge on any atom is 3.00 e. The van der Waals surface area contributed by atoms with E-state index in [4.69, 9.17) is 0 Å². The van der Waals surface area contributed by atoms with Crippen LogP contribution in [0, 0.1) is 26.6 Å². The van der Waals surface area contributed by atoms with Gasteiger partial charge >= 0.3 is 17.1 Å². The molecule has 163 valence electrons. The first-order chi connectivity index (χ1) is 12.5. The molecule has 0 bridgehead atoms. The minimum atomic E-state index is 0. The normalized spacial score (nSPS) is 10.0. The third-order valence-corrected chi connectivity index (χ3v) is 2.81. The quantitative estimate of drug-likeness (QED) is 0.269. The number of nitrogens with zero attached hydrogens (tertiary/aromatic N) is 2. The van der Waals surface area contributed by atoms with E-state index < -0.39 is 0 Å². The van der Waals surface area contributed by atoms with Crippen molar-refractivity contribution in [2.24, 2.45) is 0 Å². The zero-order valence-corrected chi connectivity index (χ0v) is 23.0. The largest absolute Gasteiger partial charge is 3.00 e. The van der Waals surface area contributed by atoms with Crippen LogP contribution >= 0.6 is 15.8 Å². The van der Waals surface area contributed by atoms with Crippen LogP contribution in [0.2, 0.25) is 0 Å². The van der Waals surface area contributed by atoms with Gasteiger partial charge in [-0.2, -0.15) is 35.4 Å². The smallest absolute Gasteiger partial charge is 0.651 e. The summed E-state index contributed by atoms with van der Waals surface area (Å²) in [4.78, 5) is 4.18. The summed E-state index contributed by atoms with van der Waals surface area (Å²) in [5, 5.41) is 4.26. The molecule has 5 heteroatoms. The zero-order chi connectivity index (χ0) is 20.9. The van der Waals surface area contributed by atoms with E-state index in [1.807, 2.05) is 30.3 Å². The molecule has 1 aromatic carbocycles. The molecular formula is C24H41FeN2P2+2. The molecule has 0 saturated carbocycles. The Kier molecular flexibility index (Phi) is 21.2. The van der Waals surface area contributed by atoms with Crippen molar-refractivity contribution in [2.75, 3.05) is 40.0 Å². The van der Waals surface area contributed by atoms with E-state index >= 15 is 0 Å². The van der Waals surface area contributed by atoms with Crippen molar-refractivity contribution in [3.8, 4) is 0 Å². The molecule has 0 aliphatic heterocycles. The van der Waals surface area contributed by atoms with Gasteiger partial charge in [0.2, 0.25) is 0 Å². The van der Waals surface area contributed by atoms with Crippen LogP contribution in [0.3, 0.4) is 0 Å². The Labute approximate surface area is 195 Å². The van der Waals surface area contributed by atoms with Gasteiger partial charge in [-0.3, -0.25) is 4.98 Å². The number of pyridine rings is 1. The van der Waals surface area contributed by atoms with Gasteiger partial charge in [-0.15, -0.1) is 13.1 Å². The summed E-state index contributed by atoms with van der Waals surface area (Å²) < 4.78 is 0. The number of hydrogen-bond acceptors (Lipinski definition) is 1. The second-order valence-electron chi connectivity index (χ2n) is 8.44. The minimum Gasteiger partial charge on any atom is -0.651 e. The predicted molar refractivity (Wildman–Crippen MR) is 137 cm³/mol. The molecule has 0 N–H and O–H groups in total. The van der Waals surface area contributed by atoms with E-state index in [0.29, 0.717) is 0 Å². The Morgan fingerprint density at radius 3 is 1.83 bits per heavy atom. The van der Waals surface area contributed by atoms with Gasteiger partial charge in [-0.05, 0) is 28.0 Å². The molecular weight excluding hydrogens is 434 g/mol. The molecule has 29 heavy (non-hydrogen) atoms. The Hall–Kier alpha value is -0.291. The fourth-order valence-corrected chi connectivity index (χ4v) is 1.63. The number of rotatable bonds is 4. The molecule has 0 aliphatic carbocycles. The molecule has 0 saturated heterocycles. The summed E-state index contributed by atoms with van der Waals surface area (Å²) in [6.45, 7) is 23.7. The van der Waals surface area contributed by atoms with Crippen molar-refractivity contribution in [3.05, 3.63) is 91.3 Å². The molecule has 0 atom stereocenters. The van der Waals surface area contributed by atoms with Gasteiger partial charge in [-0.1, -0.05) is 32.3 Å². The first kappa shape index (κ1) is 33.3. The monoisotopic (exact) mass is 475 g/mol. The minimum absolute atomic E-state index is 0. The maximum absolute atomic E-state index is 4.26. The molecule has 1 aromatic heterocycles. The fourth-order valence-electron chi connectivity index (χ4n) is 1.63. The molecule has 1 heterocycles. The molecule has 0 fully saturated rings. The zero-order valence-electron chi connectivity index (χ0n) is 19.9. The van der Waals surface area contributed by atoms with Crippen LogP contribution in [-0.2, 0) is 22.5 Å². The van der Waals surface area contributed by atoms with Crippen LogP contribution in [0.1, 0.15) is 37.6 Å². The molecule has 2 nitrogen and oxygen atoms in total. The predicted octanol–water partition coefficient (Wildman–Crippen LogP) is 6.90. The van der Waals surface area contributed by atoms with Crippen molar-refractivity contribution >= 4 is 15.8 Å². The SMILES string of the molecule is CC(C)(C)c1c[c-]c([CH][N-][CH]c2ccccn2)cc1.C[PH+](C)C.C[PH+](C)C.[CH3-].[Fe+3]. The molecule has 3 radical (unpaired) electrons. The number of benzene rings is 1. The summed E-state index contributed by atoms with van der Waals surface area (Å²) in [5.74, 6) is 0. The summed E-state index contributed by atoms with van der Waals surface area (Å²) in [6, 6.07) is 15.2. The second kappa shape index (κ2) is 18.5. The van der Waals surface area contributed by atoms with Crippen LogP contribution in [0.4, 0.5) is 0 Å². The van der Waals surface area contributed by atoms with Gasteiger partial charge < -0.3 is 12.7 Å².